The van der Waals surface area contributed by atoms with Crippen LogP contribution in [0.25, 0.3) is 10.2 Å². The quantitative estimate of drug-likeness (QED) is 0.818. The van der Waals surface area contributed by atoms with Crippen molar-refractivity contribution >= 4 is 42.4 Å². The predicted octanol–water partition coefficient (Wildman–Crippen LogP) is 1.12. The molecule has 23 heavy (non-hydrogen) atoms. The molecule has 0 radical (unpaired) electrons. The highest BCUT2D eigenvalue weighted by Crippen LogP contribution is 2.23. The first-order valence-electron chi connectivity index (χ1n) is 6.76. The highest BCUT2D eigenvalue weighted by molar-refractivity contribution is 8.06. The SMILES string of the molecule is CCn1c(=NC(=O)CS(=O)(=O)C(C)=O)sc2cc(OC)ccc21. The number of sulfone groups is 1. The summed E-state index contributed by atoms with van der Waals surface area (Å²) in [5.74, 6) is -1.09. The van der Waals surface area contributed by atoms with Crippen LogP contribution in [-0.2, 0) is 26.0 Å². The van der Waals surface area contributed by atoms with Crippen LogP contribution in [0, 0.1) is 0 Å². The second kappa shape index (κ2) is 6.63. The first-order valence-corrected chi connectivity index (χ1v) is 9.23. The molecule has 0 spiro atoms. The Balaban J connectivity index is 2.50. The van der Waals surface area contributed by atoms with Gasteiger partial charge in [-0.3, -0.25) is 9.59 Å². The Morgan fingerprint density at radius 2 is 2.04 bits per heavy atom. The number of nitrogens with zero attached hydrogens (tertiary/aromatic N) is 2. The molecule has 2 aromatic rings. The van der Waals surface area contributed by atoms with E-state index < -0.39 is 26.6 Å². The Morgan fingerprint density at radius 3 is 2.61 bits per heavy atom. The van der Waals surface area contributed by atoms with E-state index >= 15 is 0 Å². The van der Waals surface area contributed by atoms with E-state index in [1.54, 1.807) is 17.7 Å². The van der Waals surface area contributed by atoms with Crippen molar-refractivity contribution in [3.8, 4) is 5.75 Å². The molecule has 0 saturated heterocycles. The summed E-state index contributed by atoms with van der Waals surface area (Å²) in [6.07, 6.45) is 0. The van der Waals surface area contributed by atoms with Gasteiger partial charge in [-0.1, -0.05) is 11.3 Å². The lowest BCUT2D eigenvalue weighted by Crippen LogP contribution is -2.23. The van der Waals surface area contributed by atoms with Crippen molar-refractivity contribution in [2.24, 2.45) is 4.99 Å². The van der Waals surface area contributed by atoms with Crippen LogP contribution in [0.3, 0.4) is 0 Å². The number of benzene rings is 1. The van der Waals surface area contributed by atoms with E-state index in [-0.39, 0.29) is 0 Å². The zero-order valence-electron chi connectivity index (χ0n) is 12.9. The number of hydrogen-bond acceptors (Lipinski definition) is 6. The van der Waals surface area contributed by atoms with Gasteiger partial charge >= 0.3 is 0 Å². The molecule has 0 aliphatic heterocycles. The lowest BCUT2D eigenvalue weighted by atomic mass is 10.3. The van der Waals surface area contributed by atoms with Gasteiger partial charge in [0.15, 0.2) is 4.80 Å². The lowest BCUT2D eigenvalue weighted by molar-refractivity contribution is -0.116. The van der Waals surface area contributed by atoms with E-state index in [0.717, 1.165) is 17.1 Å². The summed E-state index contributed by atoms with van der Waals surface area (Å²) in [6, 6.07) is 5.47. The van der Waals surface area contributed by atoms with Crippen LogP contribution in [0.15, 0.2) is 23.2 Å². The normalized spacial score (nSPS) is 12.6. The summed E-state index contributed by atoms with van der Waals surface area (Å²) >= 11 is 1.26. The number of carbonyl (C=O) groups excluding carboxylic acids is 2. The van der Waals surface area contributed by atoms with Crippen LogP contribution in [-0.4, -0.2) is 36.9 Å². The number of hydrogen-bond donors (Lipinski definition) is 0. The third-order valence-electron chi connectivity index (χ3n) is 3.18. The van der Waals surface area contributed by atoms with E-state index in [1.165, 1.54) is 11.3 Å². The number of aryl methyl sites for hydroxylation is 1. The van der Waals surface area contributed by atoms with Crippen LogP contribution in [0.5, 0.6) is 5.75 Å². The minimum Gasteiger partial charge on any atom is -0.497 e. The monoisotopic (exact) mass is 356 g/mol. The molecule has 0 aliphatic rings. The van der Waals surface area contributed by atoms with Gasteiger partial charge in [0.1, 0.15) is 11.5 Å². The number of rotatable bonds is 4. The van der Waals surface area contributed by atoms with Crippen molar-refractivity contribution in [2.45, 2.75) is 20.4 Å². The van der Waals surface area contributed by atoms with Crippen molar-refractivity contribution in [2.75, 3.05) is 12.9 Å². The molecule has 0 N–H and O–H groups in total. The highest BCUT2D eigenvalue weighted by Gasteiger charge is 2.21. The summed E-state index contributed by atoms with van der Waals surface area (Å²) in [7, 11) is -2.53. The number of thiazole rings is 1. The zero-order valence-corrected chi connectivity index (χ0v) is 14.5. The van der Waals surface area contributed by atoms with E-state index in [4.69, 9.17) is 4.74 Å². The Morgan fingerprint density at radius 1 is 1.35 bits per heavy atom. The van der Waals surface area contributed by atoms with Crippen LogP contribution in [0.4, 0.5) is 0 Å². The number of ether oxygens (including phenoxy) is 1. The van der Waals surface area contributed by atoms with E-state index in [2.05, 4.69) is 4.99 Å². The van der Waals surface area contributed by atoms with E-state index in [1.807, 2.05) is 19.1 Å². The van der Waals surface area contributed by atoms with Gasteiger partial charge in [0.2, 0.25) is 15.0 Å². The van der Waals surface area contributed by atoms with Crippen LogP contribution < -0.4 is 9.54 Å². The minimum atomic E-state index is -4.08. The number of methoxy groups -OCH3 is 1. The van der Waals surface area contributed by atoms with Gasteiger partial charge in [-0.15, -0.1) is 0 Å². The Labute approximate surface area is 137 Å². The third kappa shape index (κ3) is 3.67. The maximum Gasteiger partial charge on any atom is 0.264 e. The predicted molar refractivity (Wildman–Crippen MR) is 87.1 cm³/mol. The summed E-state index contributed by atoms with van der Waals surface area (Å²) in [4.78, 5) is 27.1. The highest BCUT2D eigenvalue weighted by atomic mass is 32.2. The molecule has 1 aromatic heterocycles. The van der Waals surface area contributed by atoms with Crippen LogP contribution >= 0.6 is 11.3 Å². The van der Waals surface area contributed by atoms with Gasteiger partial charge in [-0.05, 0) is 25.1 Å². The largest absolute Gasteiger partial charge is 0.497 e. The molecular weight excluding hydrogens is 340 g/mol. The number of amides is 1. The standard InChI is InChI=1S/C14H16N2O5S2/c1-4-16-11-6-5-10(21-3)7-12(11)22-14(16)15-13(18)8-23(19,20)9(2)17/h5-7H,4,8H2,1-3H3. The molecule has 0 aliphatic carbocycles. The summed E-state index contributed by atoms with van der Waals surface area (Å²) < 4.78 is 30.8. The number of carbonyl (C=O) groups is 2. The van der Waals surface area contributed by atoms with Crippen LogP contribution in [0.1, 0.15) is 13.8 Å². The molecule has 0 fully saturated rings. The summed E-state index contributed by atoms with van der Waals surface area (Å²) in [5, 5.41) is -1.04. The van der Waals surface area contributed by atoms with E-state index in [9.17, 15) is 18.0 Å². The van der Waals surface area contributed by atoms with E-state index in [0.29, 0.717) is 17.1 Å². The maximum absolute atomic E-state index is 11.9. The van der Waals surface area contributed by atoms with Gasteiger partial charge in [0.25, 0.3) is 5.91 Å². The first kappa shape index (κ1) is 17.4. The molecule has 124 valence electrons. The molecule has 0 unspecified atom stereocenters. The second-order valence-corrected chi connectivity index (χ2v) is 7.82. The fourth-order valence-electron chi connectivity index (χ4n) is 1.97. The molecule has 0 atom stereocenters. The van der Waals surface area contributed by atoms with Crippen molar-refractivity contribution in [1.29, 1.82) is 0 Å². The summed E-state index contributed by atoms with van der Waals surface area (Å²) in [6.45, 7) is 3.38. The van der Waals surface area contributed by atoms with Crippen molar-refractivity contribution < 1.29 is 22.7 Å². The Bertz CT molecular complexity index is 938. The second-order valence-electron chi connectivity index (χ2n) is 4.72. The van der Waals surface area contributed by atoms with Crippen molar-refractivity contribution in [3.63, 3.8) is 0 Å². The Hall–Kier alpha value is -2.00. The first-order chi connectivity index (χ1) is 10.8. The molecule has 0 bridgehead atoms. The maximum atomic E-state index is 11.9. The molecule has 9 heteroatoms. The van der Waals surface area contributed by atoms with Gasteiger partial charge in [-0.2, -0.15) is 4.99 Å². The topological polar surface area (TPSA) is 94.8 Å². The molecule has 1 aromatic carbocycles. The fourth-order valence-corrected chi connectivity index (χ4v) is 3.71. The van der Waals surface area contributed by atoms with Crippen molar-refractivity contribution in [3.05, 3.63) is 23.0 Å². The zero-order chi connectivity index (χ0) is 17.2. The third-order valence-corrected chi connectivity index (χ3v) is 5.72. The molecular formula is C14H16N2O5S2. The summed E-state index contributed by atoms with van der Waals surface area (Å²) in [5.41, 5.74) is 0.874. The lowest BCUT2D eigenvalue weighted by Gasteiger charge is -2.02. The van der Waals surface area contributed by atoms with Crippen molar-refractivity contribution in [1.82, 2.24) is 4.57 Å². The average Bonchev–Trinajstić information content (AvgIpc) is 2.81. The van der Waals surface area contributed by atoms with Gasteiger partial charge in [0, 0.05) is 13.5 Å². The Kier molecular flexibility index (Phi) is 5.00. The molecule has 1 heterocycles. The molecule has 7 nitrogen and oxygen atoms in total. The smallest absolute Gasteiger partial charge is 0.264 e. The van der Waals surface area contributed by atoms with Gasteiger partial charge < -0.3 is 9.30 Å². The fraction of sp³-hybridized carbons (Fsp3) is 0.357. The number of aromatic nitrogens is 1. The molecule has 0 saturated carbocycles. The molecule has 2 rings (SSSR count). The van der Waals surface area contributed by atoms with Gasteiger partial charge in [-0.25, -0.2) is 8.42 Å². The van der Waals surface area contributed by atoms with Gasteiger partial charge in [0.05, 0.1) is 17.3 Å². The average molecular weight is 356 g/mol. The van der Waals surface area contributed by atoms with Crippen LogP contribution in [0.2, 0.25) is 0 Å². The minimum absolute atomic E-state index is 0.388. The molecule has 1 amide bonds. The number of fused-ring (bicyclic) bond motifs is 1.